The van der Waals surface area contributed by atoms with Crippen molar-refractivity contribution in [3.05, 3.63) is 68.2 Å². The fourth-order valence-corrected chi connectivity index (χ4v) is 3.99. The highest BCUT2D eigenvalue weighted by atomic mass is 35.5. The van der Waals surface area contributed by atoms with Crippen LogP contribution in [0.3, 0.4) is 0 Å². The van der Waals surface area contributed by atoms with Crippen LogP contribution in [0.15, 0.2) is 36.4 Å². The summed E-state index contributed by atoms with van der Waals surface area (Å²) in [7, 11) is 0. The molecule has 0 aliphatic heterocycles. The van der Waals surface area contributed by atoms with Gasteiger partial charge in [-0.15, -0.1) is 0 Å². The van der Waals surface area contributed by atoms with E-state index in [4.69, 9.17) is 21.1 Å². The summed E-state index contributed by atoms with van der Waals surface area (Å²) >= 11 is 6.09. The fourth-order valence-electron chi connectivity index (χ4n) is 3.80. The van der Waals surface area contributed by atoms with Gasteiger partial charge in [0.05, 0.1) is 22.5 Å². The molecule has 0 fully saturated rings. The number of carbonyl (C=O) groups is 2. The molecule has 0 saturated carbocycles. The summed E-state index contributed by atoms with van der Waals surface area (Å²) in [5.41, 5.74) is 0.631. The number of fused-ring (bicyclic) bond motifs is 1. The molecule has 31 heavy (non-hydrogen) atoms. The van der Waals surface area contributed by atoms with Crippen molar-refractivity contribution in [2.24, 2.45) is 0 Å². The molecular weight excluding hydrogens is 422 g/mol. The van der Waals surface area contributed by atoms with Crippen LogP contribution in [0.25, 0.3) is 0 Å². The Hall–Kier alpha value is -2.93. The average Bonchev–Trinajstić information content (AvgIpc) is 2.77. The molecule has 0 amide bonds. The minimum absolute atomic E-state index is 0.00239. The summed E-state index contributed by atoms with van der Waals surface area (Å²) in [6.45, 7) is 2.18. The molecule has 2 aromatic carbocycles. The van der Waals surface area contributed by atoms with Crippen LogP contribution in [0.5, 0.6) is 5.75 Å². The Bertz CT molecular complexity index is 992. The van der Waals surface area contributed by atoms with Gasteiger partial charge in [0.25, 0.3) is 0 Å². The van der Waals surface area contributed by atoms with Crippen LogP contribution < -0.4 is 4.74 Å². The summed E-state index contributed by atoms with van der Waals surface area (Å²) in [6, 6.07) is 9.34. The number of hydrogen-bond acceptors (Lipinski definition) is 6. The molecule has 0 radical (unpaired) electrons. The zero-order chi connectivity index (χ0) is 22.4. The summed E-state index contributed by atoms with van der Waals surface area (Å²) in [5, 5.41) is 12.2. The van der Waals surface area contributed by atoms with Crippen molar-refractivity contribution in [2.75, 3.05) is 13.2 Å². The van der Waals surface area contributed by atoms with Gasteiger partial charge in [-0.2, -0.15) is 0 Å². The molecule has 0 saturated heterocycles. The van der Waals surface area contributed by atoms with Gasteiger partial charge in [-0.25, -0.2) is 4.79 Å². The molecule has 0 aromatic heterocycles. The van der Waals surface area contributed by atoms with E-state index in [0.29, 0.717) is 11.4 Å². The third kappa shape index (κ3) is 5.05. The second kappa shape index (κ2) is 9.92. The quantitative estimate of drug-likeness (QED) is 0.176. The lowest BCUT2D eigenvalue weighted by Gasteiger charge is -2.34. The van der Waals surface area contributed by atoms with E-state index >= 15 is 0 Å². The molecule has 0 spiro atoms. The number of aldehydes is 1. The SMILES string of the molecule is CCCCOC(=O)c1ccc(OCC2(C=O)CCCc3cc(Cl)ccc32)c([N+](=O)[O-])c1. The van der Waals surface area contributed by atoms with E-state index in [1.807, 2.05) is 19.1 Å². The van der Waals surface area contributed by atoms with Gasteiger partial charge >= 0.3 is 11.7 Å². The lowest BCUT2D eigenvalue weighted by atomic mass is 9.71. The van der Waals surface area contributed by atoms with Crippen LogP contribution in [-0.4, -0.2) is 30.4 Å². The number of aryl methyl sites for hydroxylation is 1. The number of unbranched alkanes of at least 4 members (excludes halogenated alkanes) is 1. The molecule has 0 N–H and O–H groups in total. The minimum Gasteiger partial charge on any atom is -0.485 e. The topological polar surface area (TPSA) is 95.7 Å². The first-order valence-corrected chi connectivity index (χ1v) is 10.6. The van der Waals surface area contributed by atoms with Gasteiger partial charge in [-0.05, 0) is 61.1 Å². The Morgan fingerprint density at radius 2 is 2.10 bits per heavy atom. The fraction of sp³-hybridized carbons (Fsp3) is 0.391. The second-order valence-electron chi connectivity index (χ2n) is 7.65. The second-order valence-corrected chi connectivity index (χ2v) is 8.08. The average molecular weight is 446 g/mol. The van der Waals surface area contributed by atoms with Gasteiger partial charge < -0.3 is 14.3 Å². The van der Waals surface area contributed by atoms with E-state index in [9.17, 15) is 19.7 Å². The Balaban J connectivity index is 1.83. The largest absolute Gasteiger partial charge is 0.485 e. The van der Waals surface area contributed by atoms with Crippen LogP contribution in [0.1, 0.15) is 54.1 Å². The molecule has 8 heteroatoms. The standard InChI is InChI=1S/C23H24ClNO6/c1-2-3-11-30-22(27)17-6-9-21(20(13-17)25(28)29)31-15-23(14-26)10-4-5-16-12-18(24)7-8-19(16)23/h6-9,12-14H,2-5,10-11,15H2,1H3. The number of carbonyl (C=O) groups excluding carboxylic acids is 2. The van der Waals surface area contributed by atoms with Gasteiger partial charge in [0.2, 0.25) is 0 Å². The van der Waals surface area contributed by atoms with Gasteiger partial charge in [-0.3, -0.25) is 10.1 Å². The zero-order valence-corrected chi connectivity index (χ0v) is 18.0. The van der Waals surface area contributed by atoms with Crippen molar-refractivity contribution in [3.8, 4) is 5.75 Å². The maximum atomic E-state index is 12.1. The normalized spacial score (nSPS) is 17.5. The van der Waals surface area contributed by atoms with Crippen molar-refractivity contribution in [1.82, 2.24) is 0 Å². The van der Waals surface area contributed by atoms with Gasteiger partial charge in [0.1, 0.15) is 12.9 Å². The Kier molecular flexibility index (Phi) is 7.28. The molecule has 1 atom stereocenters. The highest BCUT2D eigenvalue weighted by molar-refractivity contribution is 6.30. The number of halogens is 1. The summed E-state index contributed by atoms with van der Waals surface area (Å²) in [6.07, 6.45) is 4.59. The van der Waals surface area contributed by atoms with E-state index in [1.165, 1.54) is 12.1 Å². The maximum Gasteiger partial charge on any atom is 0.338 e. The van der Waals surface area contributed by atoms with Gasteiger partial charge in [0.15, 0.2) is 5.75 Å². The van der Waals surface area contributed by atoms with Crippen LogP contribution in [0.2, 0.25) is 5.02 Å². The minimum atomic E-state index is -0.913. The zero-order valence-electron chi connectivity index (χ0n) is 17.3. The molecule has 1 aliphatic rings. The van der Waals surface area contributed by atoms with Gasteiger partial charge in [0, 0.05) is 11.1 Å². The Morgan fingerprint density at radius 1 is 1.29 bits per heavy atom. The lowest BCUT2D eigenvalue weighted by Crippen LogP contribution is -2.38. The van der Waals surface area contributed by atoms with Crippen LogP contribution in [-0.2, 0) is 21.4 Å². The molecule has 7 nitrogen and oxygen atoms in total. The number of nitrogens with zero attached hydrogens (tertiary/aromatic N) is 1. The van der Waals surface area contributed by atoms with Crippen LogP contribution >= 0.6 is 11.6 Å². The molecule has 0 heterocycles. The van der Waals surface area contributed by atoms with Crippen molar-refractivity contribution in [2.45, 2.75) is 44.4 Å². The summed E-state index contributed by atoms with van der Waals surface area (Å²) < 4.78 is 10.9. The molecule has 0 bridgehead atoms. The Labute approximate surface area is 185 Å². The number of nitro groups is 1. The van der Waals surface area contributed by atoms with Crippen molar-refractivity contribution < 1.29 is 24.0 Å². The first-order chi connectivity index (χ1) is 14.9. The number of esters is 1. The van der Waals surface area contributed by atoms with E-state index in [0.717, 1.165) is 49.2 Å². The molecule has 1 unspecified atom stereocenters. The third-order valence-electron chi connectivity index (χ3n) is 5.51. The van der Waals surface area contributed by atoms with Crippen molar-refractivity contribution in [1.29, 1.82) is 0 Å². The first-order valence-electron chi connectivity index (χ1n) is 10.2. The van der Waals surface area contributed by atoms with Crippen LogP contribution in [0.4, 0.5) is 5.69 Å². The van der Waals surface area contributed by atoms with E-state index < -0.39 is 16.3 Å². The molecule has 1 aliphatic carbocycles. The predicted molar refractivity (Wildman–Crippen MR) is 116 cm³/mol. The maximum absolute atomic E-state index is 12.1. The van der Waals surface area contributed by atoms with E-state index in [1.54, 1.807) is 6.07 Å². The number of ether oxygens (including phenoxy) is 2. The molecule has 164 valence electrons. The Morgan fingerprint density at radius 3 is 2.81 bits per heavy atom. The summed E-state index contributed by atoms with van der Waals surface area (Å²) in [5.74, 6) is -0.622. The first kappa shape index (κ1) is 22.7. The third-order valence-corrected chi connectivity index (χ3v) is 5.74. The molecular formula is C23H24ClNO6. The number of nitro benzene ring substituents is 1. The van der Waals surface area contributed by atoms with Crippen LogP contribution in [0, 0.1) is 10.1 Å². The highest BCUT2D eigenvalue weighted by Crippen LogP contribution is 2.39. The van der Waals surface area contributed by atoms with Crippen molar-refractivity contribution >= 4 is 29.5 Å². The van der Waals surface area contributed by atoms with E-state index in [-0.39, 0.29) is 30.2 Å². The highest BCUT2D eigenvalue weighted by Gasteiger charge is 2.38. The molecule has 3 rings (SSSR count). The van der Waals surface area contributed by atoms with Gasteiger partial charge in [-0.1, -0.05) is 31.0 Å². The van der Waals surface area contributed by atoms with Crippen molar-refractivity contribution in [3.63, 3.8) is 0 Å². The smallest absolute Gasteiger partial charge is 0.338 e. The summed E-state index contributed by atoms with van der Waals surface area (Å²) in [4.78, 5) is 35.2. The number of rotatable bonds is 9. The lowest BCUT2D eigenvalue weighted by molar-refractivity contribution is -0.385. The number of benzene rings is 2. The predicted octanol–water partition coefficient (Wildman–Crippen LogP) is 5.06. The monoisotopic (exact) mass is 445 g/mol. The number of hydrogen-bond donors (Lipinski definition) is 0. The molecule has 2 aromatic rings. The van der Waals surface area contributed by atoms with E-state index in [2.05, 4.69) is 0 Å².